The summed E-state index contributed by atoms with van der Waals surface area (Å²) in [5.74, 6) is 0.562. The number of hydrogen-bond acceptors (Lipinski definition) is 3. The fourth-order valence-corrected chi connectivity index (χ4v) is 4.60. The van der Waals surface area contributed by atoms with E-state index >= 15 is 0 Å². The third kappa shape index (κ3) is 3.17. The molecule has 112 valence electrons. The van der Waals surface area contributed by atoms with Gasteiger partial charge in [0.25, 0.3) is 0 Å². The molecule has 1 heterocycles. The Kier molecular flexibility index (Phi) is 5.07. The van der Waals surface area contributed by atoms with Crippen LogP contribution in [-0.4, -0.2) is 39.4 Å². The van der Waals surface area contributed by atoms with E-state index in [1.807, 2.05) is 7.05 Å². The highest BCUT2D eigenvalue weighted by atomic mass is 35.5. The molecule has 0 radical (unpaired) electrons. The number of nitrogens with zero attached hydrogens (tertiary/aromatic N) is 1. The number of sulfonamides is 1. The molecular weight excluding hydrogens is 296 g/mol. The van der Waals surface area contributed by atoms with E-state index in [2.05, 4.69) is 5.32 Å². The van der Waals surface area contributed by atoms with Gasteiger partial charge in [0.05, 0.1) is 4.90 Å². The number of benzene rings is 1. The second kappa shape index (κ2) is 6.43. The van der Waals surface area contributed by atoms with Crippen LogP contribution in [0.25, 0.3) is 0 Å². The van der Waals surface area contributed by atoms with Crippen LogP contribution in [0.5, 0.6) is 0 Å². The minimum atomic E-state index is -3.43. The predicted octanol–water partition coefficient (Wildman–Crippen LogP) is 2.27. The molecule has 0 aromatic heterocycles. The maximum atomic E-state index is 12.7. The molecule has 1 saturated heterocycles. The Balaban J connectivity index is 2.18. The Morgan fingerprint density at radius 2 is 2.00 bits per heavy atom. The van der Waals surface area contributed by atoms with Gasteiger partial charge in [0.2, 0.25) is 10.0 Å². The number of halogens is 1. The van der Waals surface area contributed by atoms with Gasteiger partial charge < -0.3 is 5.32 Å². The van der Waals surface area contributed by atoms with Crippen molar-refractivity contribution in [3.05, 3.63) is 28.8 Å². The van der Waals surface area contributed by atoms with Gasteiger partial charge in [-0.25, -0.2) is 8.42 Å². The number of rotatable bonds is 4. The van der Waals surface area contributed by atoms with Crippen LogP contribution in [0.2, 0.25) is 5.02 Å². The van der Waals surface area contributed by atoms with Crippen LogP contribution in [0.4, 0.5) is 0 Å². The lowest BCUT2D eigenvalue weighted by molar-refractivity contribution is 0.270. The summed E-state index contributed by atoms with van der Waals surface area (Å²) in [5, 5.41) is 3.65. The van der Waals surface area contributed by atoms with Crippen molar-refractivity contribution in [1.29, 1.82) is 0 Å². The summed E-state index contributed by atoms with van der Waals surface area (Å²) in [4.78, 5) is 0.331. The highest BCUT2D eigenvalue weighted by Gasteiger charge is 2.30. The third-order valence-electron chi connectivity index (χ3n) is 3.90. The van der Waals surface area contributed by atoms with Crippen molar-refractivity contribution in [2.75, 3.05) is 26.7 Å². The molecular formula is C14H21ClN2O2S. The minimum Gasteiger partial charge on any atom is -0.319 e. The monoisotopic (exact) mass is 316 g/mol. The fraction of sp³-hybridized carbons (Fsp3) is 0.571. The molecule has 1 aliphatic heterocycles. The first-order chi connectivity index (χ1) is 9.46. The Morgan fingerprint density at radius 3 is 2.60 bits per heavy atom. The molecule has 4 nitrogen and oxygen atoms in total. The van der Waals surface area contributed by atoms with E-state index < -0.39 is 10.0 Å². The Bertz CT molecular complexity index is 567. The summed E-state index contributed by atoms with van der Waals surface area (Å²) < 4.78 is 26.9. The molecule has 0 unspecified atom stereocenters. The maximum absolute atomic E-state index is 12.7. The van der Waals surface area contributed by atoms with Crippen molar-refractivity contribution in [3.8, 4) is 0 Å². The summed E-state index contributed by atoms with van der Waals surface area (Å²) in [6.07, 6.45) is 1.80. The van der Waals surface area contributed by atoms with Crippen LogP contribution in [0, 0.1) is 12.8 Å². The Labute approximate surface area is 126 Å². The quantitative estimate of drug-likeness (QED) is 0.927. The van der Waals surface area contributed by atoms with E-state index in [4.69, 9.17) is 11.6 Å². The van der Waals surface area contributed by atoms with Crippen molar-refractivity contribution >= 4 is 21.6 Å². The van der Waals surface area contributed by atoms with Crippen LogP contribution in [0.15, 0.2) is 23.1 Å². The zero-order valence-electron chi connectivity index (χ0n) is 11.9. The first kappa shape index (κ1) is 15.8. The van der Waals surface area contributed by atoms with Gasteiger partial charge in [0.15, 0.2) is 0 Å². The van der Waals surface area contributed by atoms with Gasteiger partial charge in [-0.15, -0.1) is 0 Å². The first-order valence-corrected chi connectivity index (χ1v) is 8.68. The van der Waals surface area contributed by atoms with E-state index in [0.717, 1.165) is 19.4 Å². The van der Waals surface area contributed by atoms with Crippen molar-refractivity contribution in [1.82, 2.24) is 9.62 Å². The molecule has 1 aliphatic rings. The molecule has 0 bridgehead atoms. The highest BCUT2D eigenvalue weighted by Crippen LogP contribution is 2.28. The third-order valence-corrected chi connectivity index (χ3v) is 6.35. The lowest BCUT2D eigenvalue weighted by atomic mass is 9.98. The maximum Gasteiger partial charge on any atom is 0.243 e. The van der Waals surface area contributed by atoms with Crippen molar-refractivity contribution in [3.63, 3.8) is 0 Å². The van der Waals surface area contributed by atoms with Crippen LogP contribution in [-0.2, 0) is 10.0 Å². The van der Waals surface area contributed by atoms with Gasteiger partial charge in [-0.2, -0.15) is 4.31 Å². The Morgan fingerprint density at radius 1 is 1.35 bits per heavy atom. The van der Waals surface area contributed by atoms with Crippen molar-refractivity contribution in [2.45, 2.75) is 24.7 Å². The first-order valence-electron chi connectivity index (χ1n) is 6.86. The average Bonchev–Trinajstić information content (AvgIpc) is 2.42. The molecule has 20 heavy (non-hydrogen) atoms. The standard InChI is InChI=1S/C14H21ClN2O2S/c1-11-13(15)4-3-5-14(11)20(18,19)17-8-6-12(7-9-17)10-16-2/h3-5,12,16H,6-10H2,1-2H3. The van der Waals surface area contributed by atoms with Gasteiger partial charge in [0.1, 0.15) is 0 Å². The largest absolute Gasteiger partial charge is 0.319 e. The number of nitrogens with one attached hydrogen (secondary N) is 1. The van der Waals surface area contributed by atoms with Gasteiger partial charge in [-0.1, -0.05) is 17.7 Å². The molecule has 1 aromatic carbocycles. The predicted molar refractivity (Wildman–Crippen MR) is 81.6 cm³/mol. The molecule has 0 aliphatic carbocycles. The van der Waals surface area contributed by atoms with Crippen LogP contribution >= 0.6 is 11.6 Å². The van der Waals surface area contributed by atoms with Crippen molar-refractivity contribution in [2.24, 2.45) is 5.92 Å². The van der Waals surface area contributed by atoms with E-state index in [0.29, 0.717) is 34.5 Å². The van der Waals surface area contributed by atoms with Crippen LogP contribution in [0.3, 0.4) is 0 Å². The van der Waals surface area contributed by atoms with Crippen molar-refractivity contribution < 1.29 is 8.42 Å². The van der Waals surface area contributed by atoms with Crippen LogP contribution in [0.1, 0.15) is 18.4 Å². The Hall–Kier alpha value is -0.620. The highest BCUT2D eigenvalue weighted by molar-refractivity contribution is 7.89. The van der Waals surface area contributed by atoms with E-state index in [1.165, 1.54) is 0 Å². The second-order valence-corrected chi connectivity index (χ2v) is 7.58. The lowest BCUT2D eigenvalue weighted by Gasteiger charge is -2.31. The molecule has 1 aromatic rings. The summed E-state index contributed by atoms with van der Waals surface area (Å²) in [7, 11) is -1.50. The topological polar surface area (TPSA) is 49.4 Å². The second-order valence-electron chi connectivity index (χ2n) is 5.27. The SMILES string of the molecule is CNCC1CCN(S(=O)(=O)c2cccc(Cl)c2C)CC1. The van der Waals surface area contributed by atoms with Gasteiger partial charge in [-0.05, 0) is 57.0 Å². The van der Waals surface area contributed by atoms with Crippen LogP contribution < -0.4 is 5.32 Å². The summed E-state index contributed by atoms with van der Waals surface area (Å²) in [6.45, 7) is 3.87. The zero-order chi connectivity index (χ0) is 14.8. The normalized spacial score (nSPS) is 18.4. The summed E-state index contributed by atoms with van der Waals surface area (Å²) in [5.41, 5.74) is 0.631. The van der Waals surface area contributed by atoms with E-state index in [1.54, 1.807) is 29.4 Å². The zero-order valence-corrected chi connectivity index (χ0v) is 13.5. The molecule has 0 atom stereocenters. The summed E-state index contributed by atoms with van der Waals surface area (Å²) in [6, 6.07) is 5.04. The minimum absolute atomic E-state index is 0.331. The van der Waals surface area contributed by atoms with Gasteiger partial charge >= 0.3 is 0 Å². The van der Waals surface area contributed by atoms with Gasteiger partial charge in [-0.3, -0.25) is 0 Å². The fourth-order valence-electron chi connectivity index (χ4n) is 2.65. The molecule has 0 saturated carbocycles. The number of hydrogen-bond donors (Lipinski definition) is 1. The van der Waals surface area contributed by atoms with E-state index in [-0.39, 0.29) is 0 Å². The molecule has 0 spiro atoms. The molecule has 0 amide bonds. The molecule has 1 N–H and O–H groups in total. The average molecular weight is 317 g/mol. The lowest BCUT2D eigenvalue weighted by Crippen LogP contribution is -2.40. The smallest absolute Gasteiger partial charge is 0.243 e. The number of piperidine rings is 1. The molecule has 6 heteroatoms. The summed E-state index contributed by atoms with van der Waals surface area (Å²) >= 11 is 6.03. The van der Waals surface area contributed by atoms with E-state index in [9.17, 15) is 8.42 Å². The molecule has 2 rings (SSSR count). The molecule has 1 fully saturated rings. The van der Waals surface area contributed by atoms with Gasteiger partial charge in [0, 0.05) is 18.1 Å².